The van der Waals surface area contributed by atoms with Crippen molar-refractivity contribution in [3.05, 3.63) is 0 Å². The molecule has 120 valence electrons. The molecular weight excluding hydrogens is 292 g/mol. The monoisotopic (exact) mass is 316 g/mol. The lowest BCUT2D eigenvalue weighted by Crippen LogP contribution is -2.54. The molecule has 0 bridgehead atoms. The number of hydrogen-bond donors (Lipinski definition) is 1. The van der Waals surface area contributed by atoms with Gasteiger partial charge in [0.1, 0.15) is 12.1 Å². The van der Waals surface area contributed by atoms with Gasteiger partial charge in [0.15, 0.2) is 0 Å². The quantitative estimate of drug-likeness (QED) is 0.584. The smallest absolute Gasteiger partial charge is 0.328 e. The molecule has 0 aromatic rings. The minimum atomic E-state index is -0.685. The molecule has 2 amide bonds. The van der Waals surface area contributed by atoms with Gasteiger partial charge in [0.25, 0.3) is 0 Å². The van der Waals surface area contributed by atoms with Crippen LogP contribution < -0.4 is 5.32 Å². The number of esters is 1. The van der Waals surface area contributed by atoms with E-state index >= 15 is 0 Å². The van der Waals surface area contributed by atoms with Crippen LogP contribution in [0.15, 0.2) is 0 Å². The molecule has 3 atom stereocenters. The van der Waals surface area contributed by atoms with Crippen molar-refractivity contribution in [1.82, 2.24) is 10.2 Å². The average Bonchev–Trinajstić information content (AvgIpc) is 2.77. The molecule has 1 fully saturated rings. The third-order valence-corrected chi connectivity index (χ3v) is 5.33. The summed E-state index contributed by atoms with van der Waals surface area (Å²) in [6, 6.07) is -1.24. The predicted octanol–water partition coefficient (Wildman–Crippen LogP) is 1.00. The molecular formula is C14H24N2O4S. The van der Waals surface area contributed by atoms with Gasteiger partial charge in [-0.2, -0.15) is 0 Å². The molecule has 1 aliphatic heterocycles. The van der Waals surface area contributed by atoms with Gasteiger partial charge in [0.05, 0.1) is 12.0 Å². The number of rotatable bonds is 6. The summed E-state index contributed by atoms with van der Waals surface area (Å²) in [6.45, 7) is 7.61. The Kier molecular flexibility index (Phi) is 6.07. The van der Waals surface area contributed by atoms with E-state index in [2.05, 4.69) is 5.32 Å². The number of carbonyl (C=O) groups is 3. The normalized spacial score (nSPS) is 23.3. The fraction of sp³-hybridized carbons (Fsp3) is 0.786. The number of nitrogens with one attached hydrogen (secondary N) is 1. The van der Waals surface area contributed by atoms with E-state index in [0.717, 1.165) is 6.42 Å². The minimum Gasteiger partial charge on any atom is -0.467 e. The molecule has 0 aromatic carbocycles. The molecule has 7 heteroatoms. The lowest BCUT2D eigenvalue weighted by Gasteiger charge is -2.31. The topological polar surface area (TPSA) is 75.7 Å². The summed E-state index contributed by atoms with van der Waals surface area (Å²) >= 11 is 1.54. The first-order valence-electron chi connectivity index (χ1n) is 7.04. The van der Waals surface area contributed by atoms with Crippen LogP contribution in [0.3, 0.4) is 0 Å². The van der Waals surface area contributed by atoms with Gasteiger partial charge < -0.3 is 15.0 Å². The van der Waals surface area contributed by atoms with Crippen molar-refractivity contribution in [3.8, 4) is 0 Å². The Morgan fingerprint density at radius 3 is 2.62 bits per heavy atom. The summed E-state index contributed by atoms with van der Waals surface area (Å²) in [5.41, 5.74) is 0. The van der Waals surface area contributed by atoms with E-state index in [1.807, 2.05) is 27.7 Å². The minimum absolute atomic E-state index is 0.0341. The van der Waals surface area contributed by atoms with Crippen LogP contribution in [0.1, 0.15) is 34.1 Å². The van der Waals surface area contributed by atoms with Crippen LogP contribution >= 0.6 is 11.8 Å². The molecule has 0 spiro atoms. The largest absolute Gasteiger partial charge is 0.467 e. The number of amides is 2. The zero-order valence-corrected chi connectivity index (χ0v) is 14.0. The fourth-order valence-corrected chi connectivity index (χ4v) is 3.46. The predicted molar refractivity (Wildman–Crippen MR) is 81.6 cm³/mol. The SMILES string of the molecule is CC[C@H](C)[C@H](NC(=O)[C@@H]1CSC(C)(C)N1C=O)C(=O)OC. The Labute approximate surface area is 130 Å². The Morgan fingerprint density at radius 2 is 2.14 bits per heavy atom. The second-order valence-corrected chi connectivity index (χ2v) is 7.30. The zero-order chi connectivity index (χ0) is 16.2. The van der Waals surface area contributed by atoms with E-state index in [0.29, 0.717) is 12.2 Å². The van der Waals surface area contributed by atoms with Gasteiger partial charge in [0.2, 0.25) is 12.3 Å². The van der Waals surface area contributed by atoms with E-state index in [4.69, 9.17) is 4.74 Å². The highest BCUT2D eigenvalue weighted by Crippen LogP contribution is 2.37. The molecule has 6 nitrogen and oxygen atoms in total. The lowest BCUT2D eigenvalue weighted by atomic mass is 9.99. The van der Waals surface area contributed by atoms with Gasteiger partial charge in [-0.15, -0.1) is 11.8 Å². The Balaban J connectivity index is 2.83. The van der Waals surface area contributed by atoms with Crippen LogP contribution in [0.5, 0.6) is 0 Å². The second-order valence-electron chi connectivity index (χ2n) is 5.68. The molecule has 1 heterocycles. The highest BCUT2D eigenvalue weighted by molar-refractivity contribution is 8.00. The van der Waals surface area contributed by atoms with Crippen LogP contribution in [0.4, 0.5) is 0 Å². The first-order valence-corrected chi connectivity index (χ1v) is 8.03. The van der Waals surface area contributed by atoms with Gasteiger partial charge in [-0.3, -0.25) is 9.59 Å². The summed E-state index contributed by atoms with van der Waals surface area (Å²) in [4.78, 5) is 36.6. The molecule has 1 rings (SSSR count). The summed E-state index contributed by atoms with van der Waals surface area (Å²) < 4.78 is 4.75. The van der Waals surface area contributed by atoms with E-state index in [1.165, 1.54) is 12.0 Å². The number of methoxy groups -OCH3 is 1. The van der Waals surface area contributed by atoms with Crippen molar-refractivity contribution in [3.63, 3.8) is 0 Å². The van der Waals surface area contributed by atoms with Gasteiger partial charge in [-0.05, 0) is 19.8 Å². The maximum atomic E-state index is 12.4. The average molecular weight is 316 g/mol. The van der Waals surface area contributed by atoms with Crippen LogP contribution in [-0.4, -0.2) is 53.0 Å². The lowest BCUT2D eigenvalue weighted by molar-refractivity contribution is -0.147. The highest BCUT2D eigenvalue weighted by Gasteiger charge is 2.44. The van der Waals surface area contributed by atoms with E-state index < -0.39 is 22.9 Å². The van der Waals surface area contributed by atoms with E-state index in [1.54, 1.807) is 11.8 Å². The van der Waals surface area contributed by atoms with Crippen molar-refractivity contribution < 1.29 is 19.1 Å². The number of thioether (sulfide) groups is 1. The standard InChI is InChI=1S/C14H24N2O4S/c1-6-9(2)11(13(19)20-5)15-12(18)10-7-21-14(3,4)16(10)8-17/h8-11H,6-7H2,1-5H3,(H,15,18)/t9-,10-,11-/m0/s1. The molecule has 0 aromatic heterocycles. The Morgan fingerprint density at radius 1 is 1.52 bits per heavy atom. The molecule has 21 heavy (non-hydrogen) atoms. The molecule has 0 saturated carbocycles. The molecule has 1 aliphatic rings. The van der Waals surface area contributed by atoms with E-state index in [9.17, 15) is 14.4 Å². The third-order valence-electron chi connectivity index (χ3n) is 3.93. The van der Waals surface area contributed by atoms with E-state index in [-0.39, 0.29) is 11.8 Å². The Hall–Kier alpha value is -1.24. The van der Waals surface area contributed by atoms with Crippen molar-refractivity contribution in [1.29, 1.82) is 0 Å². The maximum Gasteiger partial charge on any atom is 0.328 e. The molecule has 0 radical (unpaired) electrons. The van der Waals surface area contributed by atoms with Crippen LogP contribution in [0.2, 0.25) is 0 Å². The van der Waals surface area contributed by atoms with Crippen molar-refractivity contribution in [2.45, 2.75) is 51.1 Å². The first-order chi connectivity index (χ1) is 9.78. The van der Waals surface area contributed by atoms with Gasteiger partial charge in [-0.25, -0.2) is 4.79 Å². The third kappa shape index (κ3) is 3.90. The molecule has 1 saturated heterocycles. The highest BCUT2D eigenvalue weighted by atomic mass is 32.2. The number of nitrogens with zero attached hydrogens (tertiary/aromatic N) is 1. The van der Waals surface area contributed by atoms with Crippen LogP contribution in [0, 0.1) is 5.92 Å². The second kappa shape index (κ2) is 7.15. The van der Waals surface area contributed by atoms with Crippen molar-refractivity contribution in [2.75, 3.05) is 12.9 Å². The summed E-state index contributed by atoms with van der Waals surface area (Å²) in [6.07, 6.45) is 1.43. The fourth-order valence-electron chi connectivity index (χ4n) is 2.26. The van der Waals surface area contributed by atoms with Gasteiger partial charge >= 0.3 is 5.97 Å². The van der Waals surface area contributed by atoms with Crippen molar-refractivity contribution >= 4 is 30.0 Å². The molecule has 0 unspecified atom stereocenters. The maximum absolute atomic E-state index is 12.4. The summed E-state index contributed by atoms with van der Waals surface area (Å²) in [5, 5.41) is 2.74. The summed E-state index contributed by atoms with van der Waals surface area (Å²) in [5.74, 6) is -0.282. The zero-order valence-electron chi connectivity index (χ0n) is 13.2. The van der Waals surface area contributed by atoms with Gasteiger partial charge in [0, 0.05) is 5.75 Å². The Bertz CT molecular complexity index is 414. The number of ether oxygens (including phenoxy) is 1. The summed E-state index contributed by atoms with van der Waals surface area (Å²) in [7, 11) is 1.30. The molecule has 1 N–H and O–H groups in total. The number of carbonyl (C=O) groups excluding carboxylic acids is 3. The molecule has 0 aliphatic carbocycles. The van der Waals surface area contributed by atoms with Gasteiger partial charge in [-0.1, -0.05) is 20.3 Å². The first kappa shape index (κ1) is 17.8. The van der Waals surface area contributed by atoms with Crippen LogP contribution in [0.25, 0.3) is 0 Å². The van der Waals surface area contributed by atoms with Crippen molar-refractivity contribution in [2.24, 2.45) is 5.92 Å². The van der Waals surface area contributed by atoms with Crippen LogP contribution in [-0.2, 0) is 19.1 Å². The number of hydrogen-bond acceptors (Lipinski definition) is 5.